The first-order chi connectivity index (χ1) is 40.0. The molecule has 0 radical (unpaired) electrons. The van der Waals surface area contributed by atoms with Crippen LogP contribution in [0.4, 0.5) is 0 Å². The van der Waals surface area contributed by atoms with E-state index in [2.05, 4.69) is 142 Å². The summed E-state index contributed by atoms with van der Waals surface area (Å²) in [6.45, 7) is 6.42. The molecule has 0 aromatic carbocycles. The van der Waals surface area contributed by atoms with Gasteiger partial charge in [0.25, 0.3) is 0 Å². The van der Waals surface area contributed by atoms with Crippen molar-refractivity contribution in [1.82, 2.24) is 0 Å². The number of carbonyl (C=O) groups is 3. The summed E-state index contributed by atoms with van der Waals surface area (Å²) in [5.41, 5.74) is 0. The van der Waals surface area contributed by atoms with Gasteiger partial charge in [-0.15, -0.1) is 0 Å². The van der Waals surface area contributed by atoms with Crippen molar-refractivity contribution in [1.29, 1.82) is 0 Å². The molecule has 0 spiro atoms. The highest BCUT2D eigenvalue weighted by Gasteiger charge is 2.19. The van der Waals surface area contributed by atoms with Crippen LogP contribution in [0.5, 0.6) is 0 Å². The molecule has 1 unspecified atom stereocenters. The molecular weight excluding hydrogens is 997 g/mol. The average molecular weight is 1120 g/mol. The average Bonchev–Trinajstić information content (AvgIpc) is 3.47. The van der Waals surface area contributed by atoms with Crippen LogP contribution in [-0.4, -0.2) is 37.2 Å². The number of carbonyl (C=O) groups excluding carboxylic acids is 3. The van der Waals surface area contributed by atoms with Gasteiger partial charge in [0.1, 0.15) is 13.2 Å². The van der Waals surface area contributed by atoms with E-state index in [0.717, 1.165) is 128 Å². The van der Waals surface area contributed by atoms with Crippen LogP contribution in [0, 0.1) is 0 Å². The number of ether oxygens (including phenoxy) is 3. The Hall–Kier alpha value is -4.19. The maximum Gasteiger partial charge on any atom is 0.306 e. The smallest absolute Gasteiger partial charge is 0.306 e. The highest BCUT2D eigenvalue weighted by atomic mass is 16.6. The predicted octanol–water partition coefficient (Wildman–Crippen LogP) is 23.6. The van der Waals surface area contributed by atoms with E-state index in [1.165, 1.54) is 148 Å². The van der Waals surface area contributed by atoms with Gasteiger partial charge in [-0.05, 0) is 109 Å². The second-order valence-corrected chi connectivity index (χ2v) is 22.3. The summed E-state index contributed by atoms with van der Waals surface area (Å²) >= 11 is 0. The molecule has 0 aliphatic rings. The van der Waals surface area contributed by atoms with Crippen molar-refractivity contribution in [3.63, 3.8) is 0 Å². The summed E-state index contributed by atoms with van der Waals surface area (Å²) in [5, 5.41) is 0. The van der Waals surface area contributed by atoms with Crippen molar-refractivity contribution in [2.24, 2.45) is 0 Å². The van der Waals surface area contributed by atoms with Gasteiger partial charge in [-0.25, -0.2) is 0 Å². The van der Waals surface area contributed by atoms with E-state index < -0.39 is 6.10 Å². The molecule has 0 rings (SSSR count). The van der Waals surface area contributed by atoms with Crippen molar-refractivity contribution >= 4 is 17.9 Å². The van der Waals surface area contributed by atoms with E-state index in [1.807, 2.05) is 0 Å². The minimum absolute atomic E-state index is 0.0913. The monoisotopic (exact) mass is 1120 g/mol. The molecule has 1 atom stereocenters. The lowest BCUT2D eigenvalue weighted by Crippen LogP contribution is -2.30. The van der Waals surface area contributed by atoms with Crippen LogP contribution in [-0.2, 0) is 28.6 Å². The van der Waals surface area contributed by atoms with E-state index in [0.29, 0.717) is 12.8 Å². The van der Waals surface area contributed by atoms with Crippen LogP contribution in [0.15, 0.2) is 122 Å². The van der Waals surface area contributed by atoms with Crippen molar-refractivity contribution in [3.8, 4) is 0 Å². The van der Waals surface area contributed by atoms with Gasteiger partial charge in [0.05, 0.1) is 0 Å². The molecule has 6 heteroatoms. The predicted molar refractivity (Wildman–Crippen MR) is 353 cm³/mol. The highest BCUT2D eigenvalue weighted by Crippen LogP contribution is 2.17. The molecule has 0 aromatic rings. The Morgan fingerprint density at radius 1 is 0.259 bits per heavy atom. The quantitative estimate of drug-likeness (QED) is 0.0261. The number of hydrogen-bond donors (Lipinski definition) is 0. The van der Waals surface area contributed by atoms with Gasteiger partial charge in [-0.3, -0.25) is 14.4 Å². The van der Waals surface area contributed by atoms with E-state index in [4.69, 9.17) is 14.2 Å². The fourth-order valence-corrected chi connectivity index (χ4v) is 9.44. The van der Waals surface area contributed by atoms with Gasteiger partial charge in [-0.1, -0.05) is 309 Å². The zero-order valence-corrected chi connectivity index (χ0v) is 53.0. The summed E-state index contributed by atoms with van der Waals surface area (Å²) in [6.07, 6.45) is 94.9. The fraction of sp³-hybridized carbons (Fsp3) is 0.693. The molecule has 6 nitrogen and oxygen atoms in total. The van der Waals surface area contributed by atoms with Gasteiger partial charge < -0.3 is 14.2 Å². The molecule has 0 saturated carbocycles. The van der Waals surface area contributed by atoms with Crippen LogP contribution >= 0.6 is 0 Å². The van der Waals surface area contributed by atoms with Crippen molar-refractivity contribution in [3.05, 3.63) is 122 Å². The second-order valence-electron chi connectivity index (χ2n) is 22.3. The van der Waals surface area contributed by atoms with E-state index in [-0.39, 0.29) is 37.5 Å². The van der Waals surface area contributed by atoms with Gasteiger partial charge >= 0.3 is 17.9 Å². The van der Waals surface area contributed by atoms with Gasteiger partial charge in [0.2, 0.25) is 0 Å². The van der Waals surface area contributed by atoms with Crippen LogP contribution < -0.4 is 0 Å². The Kier molecular flexibility index (Phi) is 64.8. The summed E-state index contributed by atoms with van der Waals surface area (Å²) in [5.74, 6) is -0.916. The van der Waals surface area contributed by atoms with Crippen LogP contribution in [0.3, 0.4) is 0 Å². The first-order valence-corrected chi connectivity index (χ1v) is 34.0. The minimum Gasteiger partial charge on any atom is -0.462 e. The molecule has 0 heterocycles. The highest BCUT2D eigenvalue weighted by molar-refractivity contribution is 5.71. The van der Waals surface area contributed by atoms with E-state index in [9.17, 15) is 14.4 Å². The summed E-state index contributed by atoms with van der Waals surface area (Å²) in [6, 6.07) is 0. The third-order valence-electron chi connectivity index (χ3n) is 14.5. The largest absolute Gasteiger partial charge is 0.462 e. The number of unbranched alkanes of at least 4 members (excludes halogenated alkanes) is 30. The molecule has 0 amide bonds. The molecule has 0 aliphatic carbocycles. The topological polar surface area (TPSA) is 78.9 Å². The number of allylic oxidation sites excluding steroid dienone is 20. The Bertz CT molecular complexity index is 1670. The van der Waals surface area contributed by atoms with Crippen LogP contribution in [0.25, 0.3) is 0 Å². The molecule has 0 saturated heterocycles. The van der Waals surface area contributed by atoms with E-state index >= 15 is 0 Å². The molecule has 81 heavy (non-hydrogen) atoms. The van der Waals surface area contributed by atoms with Gasteiger partial charge in [0, 0.05) is 19.3 Å². The summed E-state index contributed by atoms with van der Waals surface area (Å²) in [7, 11) is 0. The zero-order chi connectivity index (χ0) is 58.5. The summed E-state index contributed by atoms with van der Waals surface area (Å²) in [4.78, 5) is 38.4. The van der Waals surface area contributed by atoms with Crippen LogP contribution in [0.2, 0.25) is 0 Å². The Balaban J connectivity index is 4.39. The maximum atomic E-state index is 12.9. The van der Waals surface area contributed by atoms with Gasteiger partial charge in [0.15, 0.2) is 6.10 Å². The van der Waals surface area contributed by atoms with Crippen molar-refractivity contribution < 1.29 is 28.6 Å². The third-order valence-corrected chi connectivity index (χ3v) is 14.5. The van der Waals surface area contributed by atoms with Gasteiger partial charge in [-0.2, -0.15) is 0 Å². The third kappa shape index (κ3) is 66.5. The van der Waals surface area contributed by atoms with Crippen molar-refractivity contribution in [2.75, 3.05) is 13.2 Å². The van der Waals surface area contributed by atoms with Crippen LogP contribution in [0.1, 0.15) is 316 Å². The molecular formula is C75H126O6. The first kappa shape index (κ1) is 76.8. The fourth-order valence-electron chi connectivity index (χ4n) is 9.44. The zero-order valence-electron chi connectivity index (χ0n) is 53.0. The standard InChI is InChI=1S/C75H126O6/c1-4-7-10-13-16-19-22-25-28-31-33-34-35-36-37-38-39-40-42-44-47-50-53-56-59-62-65-68-74(77)80-71-72(70-79-73(76)67-64-61-58-55-52-49-46-43-30-27-24-21-18-15-12-9-6-3)81-75(78)69-66-63-60-57-54-51-48-45-41-32-29-26-23-20-17-14-11-8-5-2/h7-8,10-11,16-17,19-20,25-26,28-29,33-34,36-37,41,45,51,54,72H,4-6,9,12-15,18,21-24,27,30-32,35,38-40,42-44,46-50,52-53,55-71H2,1-3H3/b10-7-,11-8-,19-16-,20-17-,28-25-,29-26-,34-33-,37-36-,45-41-,54-51-. The molecule has 462 valence electrons. The lowest BCUT2D eigenvalue weighted by atomic mass is 10.0. The maximum absolute atomic E-state index is 12.9. The molecule has 0 N–H and O–H groups in total. The first-order valence-electron chi connectivity index (χ1n) is 34.0. The number of rotatable bonds is 61. The molecule has 0 fully saturated rings. The number of esters is 3. The molecule has 0 aliphatic heterocycles. The molecule has 0 bridgehead atoms. The lowest BCUT2D eigenvalue weighted by Gasteiger charge is -2.18. The minimum atomic E-state index is -0.800. The number of hydrogen-bond acceptors (Lipinski definition) is 6. The lowest BCUT2D eigenvalue weighted by molar-refractivity contribution is -0.167. The van der Waals surface area contributed by atoms with Crippen molar-refractivity contribution in [2.45, 2.75) is 322 Å². The molecule has 0 aromatic heterocycles. The Morgan fingerprint density at radius 2 is 0.481 bits per heavy atom. The summed E-state index contributed by atoms with van der Waals surface area (Å²) < 4.78 is 17.0. The Labute approximate surface area is 501 Å². The Morgan fingerprint density at radius 3 is 0.765 bits per heavy atom. The van der Waals surface area contributed by atoms with E-state index in [1.54, 1.807) is 0 Å². The SMILES string of the molecule is CC/C=C\C/C=C\C/C=C\C/C=C\C/C=C\CCCCCCCCCCCCCC(=O)OCC(COC(=O)CCCCCCCCCCCCCCCCCCC)OC(=O)CCCCC/C=C\C/C=C\C/C=C\C/C=C\C/C=C\CC. The second kappa shape index (κ2) is 68.3. The normalized spacial score (nSPS) is 12.9.